The van der Waals surface area contributed by atoms with E-state index in [1.165, 1.54) is 8.61 Å². The molecule has 1 atom stereocenters. The molecular weight excluding hydrogens is 432 g/mol. The lowest BCUT2D eigenvalue weighted by Gasteiger charge is -2.38. The molecule has 2 aromatic carbocycles. The normalized spacial score (nSPS) is 19.3. The van der Waals surface area contributed by atoms with Gasteiger partial charge in [-0.3, -0.25) is 0 Å². The minimum absolute atomic E-state index is 0.123. The number of piperazine rings is 1. The molecule has 0 amide bonds. The van der Waals surface area contributed by atoms with Gasteiger partial charge in [-0.05, 0) is 54.2 Å². The molecule has 1 saturated heterocycles. The van der Waals surface area contributed by atoms with Gasteiger partial charge in [-0.15, -0.1) is 0 Å². The van der Waals surface area contributed by atoms with Crippen LogP contribution in [0.4, 0.5) is 0 Å². The van der Waals surface area contributed by atoms with E-state index in [0.29, 0.717) is 11.8 Å². The van der Waals surface area contributed by atoms with Crippen molar-refractivity contribution in [1.29, 1.82) is 0 Å². The Bertz CT molecular complexity index is 1110. The van der Waals surface area contributed by atoms with Crippen molar-refractivity contribution in [3.8, 4) is 0 Å². The lowest BCUT2D eigenvalue weighted by atomic mass is 10.0. The van der Waals surface area contributed by atoms with Crippen molar-refractivity contribution in [3.05, 3.63) is 59.7 Å². The van der Waals surface area contributed by atoms with Crippen molar-refractivity contribution in [2.75, 3.05) is 19.6 Å². The molecule has 0 bridgehead atoms. The summed E-state index contributed by atoms with van der Waals surface area (Å²) in [5.41, 5.74) is 2.15. The fourth-order valence-corrected chi connectivity index (χ4v) is 6.94. The standard InChI is InChI=1S/C23H32N2O4S2/c1-17(2)20-6-10-22(11-7-20)30(26,27)24-14-15-25(19(5)16-24)31(28,29)23-12-8-21(9-13-23)18(3)4/h6-13,17-19H,14-16H2,1-5H3/t19-/m1/s1. The second-order valence-electron chi connectivity index (χ2n) is 8.78. The molecule has 3 rings (SSSR count). The van der Waals surface area contributed by atoms with E-state index < -0.39 is 26.1 Å². The summed E-state index contributed by atoms with van der Waals surface area (Å²) in [6.45, 7) is 10.4. The van der Waals surface area contributed by atoms with E-state index in [0.717, 1.165) is 11.1 Å². The van der Waals surface area contributed by atoms with Crippen molar-refractivity contribution in [1.82, 2.24) is 8.61 Å². The Balaban J connectivity index is 1.77. The predicted molar refractivity (Wildman–Crippen MR) is 123 cm³/mol. The van der Waals surface area contributed by atoms with Crippen LogP contribution in [0.2, 0.25) is 0 Å². The third-order valence-corrected chi connectivity index (χ3v) is 9.77. The Morgan fingerprint density at radius 3 is 1.52 bits per heavy atom. The predicted octanol–water partition coefficient (Wildman–Crippen LogP) is 4.02. The van der Waals surface area contributed by atoms with Gasteiger partial charge in [-0.1, -0.05) is 52.0 Å². The summed E-state index contributed by atoms with van der Waals surface area (Å²) in [7, 11) is -7.36. The van der Waals surface area contributed by atoms with E-state index in [4.69, 9.17) is 0 Å². The zero-order valence-corrected chi connectivity index (χ0v) is 20.4. The molecule has 2 aromatic rings. The molecule has 1 aliphatic heterocycles. The molecule has 0 aliphatic carbocycles. The van der Waals surface area contributed by atoms with Crippen molar-refractivity contribution in [3.63, 3.8) is 0 Å². The summed E-state index contributed by atoms with van der Waals surface area (Å²) >= 11 is 0. The summed E-state index contributed by atoms with van der Waals surface area (Å²) in [4.78, 5) is 0.481. The first-order valence-corrected chi connectivity index (χ1v) is 13.5. The van der Waals surface area contributed by atoms with Gasteiger partial charge in [-0.25, -0.2) is 16.8 Å². The maximum absolute atomic E-state index is 13.2. The number of hydrogen-bond donors (Lipinski definition) is 0. The molecule has 6 nitrogen and oxygen atoms in total. The van der Waals surface area contributed by atoms with Crippen LogP contribution in [0.15, 0.2) is 58.3 Å². The second-order valence-corrected chi connectivity index (χ2v) is 12.6. The smallest absolute Gasteiger partial charge is 0.207 e. The fraction of sp³-hybridized carbons (Fsp3) is 0.478. The highest BCUT2D eigenvalue weighted by Gasteiger charge is 2.38. The average molecular weight is 465 g/mol. The molecular formula is C23H32N2O4S2. The van der Waals surface area contributed by atoms with Crippen LogP contribution in [-0.4, -0.2) is 51.1 Å². The first-order valence-electron chi connectivity index (χ1n) is 10.7. The van der Waals surface area contributed by atoms with Crippen LogP contribution in [0.5, 0.6) is 0 Å². The van der Waals surface area contributed by atoms with Gasteiger partial charge in [0.1, 0.15) is 0 Å². The zero-order valence-electron chi connectivity index (χ0n) is 18.8. The molecule has 1 heterocycles. The lowest BCUT2D eigenvalue weighted by molar-refractivity contribution is 0.212. The van der Waals surface area contributed by atoms with Crippen LogP contribution in [0.25, 0.3) is 0 Å². The molecule has 0 aromatic heterocycles. The second kappa shape index (κ2) is 9.02. The number of benzene rings is 2. The van der Waals surface area contributed by atoms with Gasteiger partial charge < -0.3 is 0 Å². The minimum atomic E-state index is -3.69. The van der Waals surface area contributed by atoms with Gasteiger partial charge in [0.25, 0.3) is 0 Å². The molecule has 1 fully saturated rings. The van der Waals surface area contributed by atoms with E-state index in [1.54, 1.807) is 31.2 Å². The van der Waals surface area contributed by atoms with Gasteiger partial charge in [0, 0.05) is 25.7 Å². The van der Waals surface area contributed by atoms with Gasteiger partial charge in [0.15, 0.2) is 0 Å². The van der Waals surface area contributed by atoms with E-state index >= 15 is 0 Å². The van der Waals surface area contributed by atoms with E-state index in [2.05, 4.69) is 27.7 Å². The van der Waals surface area contributed by atoms with E-state index in [1.807, 2.05) is 24.3 Å². The first kappa shape index (κ1) is 23.9. The molecule has 0 radical (unpaired) electrons. The Morgan fingerprint density at radius 2 is 1.13 bits per heavy atom. The zero-order chi connectivity index (χ0) is 23.0. The first-order chi connectivity index (χ1) is 14.4. The summed E-state index contributed by atoms with van der Waals surface area (Å²) in [5, 5.41) is 0. The summed E-state index contributed by atoms with van der Waals surface area (Å²) < 4.78 is 55.3. The summed E-state index contributed by atoms with van der Waals surface area (Å²) in [6.07, 6.45) is 0. The Kier molecular flexibility index (Phi) is 6.96. The van der Waals surface area contributed by atoms with Gasteiger partial charge in [-0.2, -0.15) is 8.61 Å². The third kappa shape index (κ3) is 4.87. The molecule has 31 heavy (non-hydrogen) atoms. The monoisotopic (exact) mass is 464 g/mol. The van der Waals surface area contributed by atoms with Crippen LogP contribution >= 0.6 is 0 Å². The maximum atomic E-state index is 13.2. The van der Waals surface area contributed by atoms with Crippen LogP contribution in [0, 0.1) is 0 Å². The summed E-state index contributed by atoms with van der Waals surface area (Å²) in [6, 6.07) is 13.4. The van der Waals surface area contributed by atoms with Crippen LogP contribution in [0.1, 0.15) is 57.6 Å². The Labute approximate surface area is 187 Å². The van der Waals surface area contributed by atoms with Gasteiger partial charge in [0.05, 0.1) is 9.79 Å². The van der Waals surface area contributed by atoms with Gasteiger partial charge in [0.2, 0.25) is 20.0 Å². The number of hydrogen-bond acceptors (Lipinski definition) is 4. The van der Waals surface area contributed by atoms with Crippen molar-refractivity contribution in [2.45, 2.75) is 62.3 Å². The highest BCUT2D eigenvalue weighted by molar-refractivity contribution is 7.89. The van der Waals surface area contributed by atoms with Crippen LogP contribution in [-0.2, 0) is 20.0 Å². The van der Waals surface area contributed by atoms with Crippen LogP contribution < -0.4 is 0 Å². The molecule has 0 saturated carbocycles. The highest BCUT2D eigenvalue weighted by atomic mass is 32.2. The highest BCUT2D eigenvalue weighted by Crippen LogP contribution is 2.27. The van der Waals surface area contributed by atoms with Gasteiger partial charge >= 0.3 is 0 Å². The lowest BCUT2D eigenvalue weighted by Crippen LogP contribution is -2.55. The minimum Gasteiger partial charge on any atom is -0.207 e. The Morgan fingerprint density at radius 1 is 0.710 bits per heavy atom. The molecule has 0 N–H and O–H groups in total. The average Bonchev–Trinajstić information content (AvgIpc) is 2.73. The van der Waals surface area contributed by atoms with Crippen molar-refractivity contribution >= 4 is 20.0 Å². The van der Waals surface area contributed by atoms with E-state index in [-0.39, 0.29) is 29.4 Å². The number of nitrogens with zero attached hydrogens (tertiary/aromatic N) is 2. The molecule has 8 heteroatoms. The molecule has 1 aliphatic rings. The van der Waals surface area contributed by atoms with Crippen molar-refractivity contribution in [2.24, 2.45) is 0 Å². The molecule has 0 spiro atoms. The Hall–Kier alpha value is -1.74. The largest absolute Gasteiger partial charge is 0.243 e. The summed E-state index contributed by atoms with van der Waals surface area (Å²) in [5.74, 6) is 0.638. The quantitative estimate of drug-likeness (QED) is 0.647. The fourth-order valence-electron chi connectivity index (χ4n) is 3.82. The molecule has 170 valence electrons. The number of sulfonamides is 2. The van der Waals surface area contributed by atoms with E-state index in [9.17, 15) is 16.8 Å². The topological polar surface area (TPSA) is 74.8 Å². The third-order valence-electron chi connectivity index (χ3n) is 5.87. The number of rotatable bonds is 6. The molecule has 0 unspecified atom stereocenters. The van der Waals surface area contributed by atoms with Crippen LogP contribution in [0.3, 0.4) is 0 Å². The SMILES string of the molecule is CC(C)c1ccc(S(=O)(=O)N2CCN(S(=O)(=O)c3ccc(C(C)C)cc3)[C@H](C)C2)cc1. The van der Waals surface area contributed by atoms with Crippen molar-refractivity contribution < 1.29 is 16.8 Å². The maximum Gasteiger partial charge on any atom is 0.243 e.